The van der Waals surface area contributed by atoms with Crippen LogP contribution >= 0.6 is 27.5 Å². The van der Waals surface area contributed by atoms with Crippen molar-refractivity contribution < 1.29 is 4.79 Å². The van der Waals surface area contributed by atoms with Gasteiger partial charge in [0.2, 0.25) is 0 Å². The molecule has 0 saturated carbocycles. The fraction of sp³-hybridized carbons (Fsp3) is 0. The molecule has 0 aromatic heterocycles. The Hall–Kier alpha value is -1.38. The van der Waals surface area contributed by atoms with Crippen molar-refractivity contribution >= 4 is 54.3 Å². The molecule has 0 radical (unpaired) electrons. The number of rotatable bonds is 1. The Bertz CT molecular complexity index is 780. The lowest BCUT2D eigenvalue weighted by atomic mass is 10.0. The fourth-order valence-electron chi connectivity index (χ4n) is 2.18. The van der Waals surface area contributed by atoms with Crippen molar-refractivity contribution in [2.45, 2.75) is 0 Å². The molecule has 0 unspecified atom stereocenters. The molecule has 1 nitrogen and oxygen atoms in total. The molecule has 3 aromatic carbocycles. The molecule has 0 aliphatic heterocycles. The van der Waals surface area contributed by atoms with Crippen LogP contribution in [0.25, 0.3) is 21.5 Å². The summed E-state index contributed by atoms with van der Waals surface area (Å²) in [4.78, 5) is 11.2. The van der Waals surface area contributed by atoms with E-state index in [0.29, 0.717) is 5.56 Å². The normalized spacial score (nSPS) is 11.0. The Morgan fingerprint density at radius 3 is 2.50 bits per heavy atom. The van der Waals surface area contributed by atoms with Gasteiger partial charge in [0, 0.05) is 10.0 Å². The maximum atomic E-state index is 11.2. The topological polar surface area (TPSA) is 17.1 Å². The number of carbonyl (C=O) groups excluding carboxylic acids is 1. The summed E-state index contributed by atoms with van der Waals surface area (Å²) in [5.41, 5.74) is 0.514. The molecule has 88 valence electrons. The standard InChI is InChI=1S/C15H8BrClO/c16-14-8-9-3-1-2-4-11(9)12-6-5-10(15(17)18)7-13(12)14/h1-8H. The first-order valence-corrected chi connectivity index (χ1v) is 6.65. The van der Waals surface area contributed by atoms with Crippen LogP contribution in [0.3, 0.4) is 0 Å². The Kier molecular flexibility index (Phi) is 2.84. The molecular formula is C15H8BrClO. The summed E-state index contributed by atoms with van der Waals surface area (Å²) in [5.74, 6) is 0. The molecule has 0 heterocycles. The SMILES string of the molecule is O=C(Cl)c1ccc2c(c1)c(Br)cc1ccccc12. The fourth-order valence-corrected chi connectivity index (χ4v) is 2.87. The smallest absolute Gasteiger partial charge is 0.252 e. The van der Waals surface area contributed by atoms with Gasteiger partial charge in [0.15, 0.2) is 0 Å². The van der Waals surface area contributed by atoms with E-state index in [1.165, 1.54) is 10.8 Å². The van der Waals surface area contributed by atoms with Crippen LogP contribution in [-0.2, 0) is 0 Å². The first-order chi connectivity index (χ1) is 8.66. The maximum Gasteiger partial charge on any atom is 0.252 e. The number of benzene rings is 3. The molecule has 0 aliphatic carbocycles. The zero-order valence-electron chi connectivity index (χ0n) is 9.28. The van der Waals surface area contributed by atoms with Crippen LogP contribution in [0.15, 0.2) is 53.0 Å². The highest BCUT2D eigenvalue weighted by Gasteiger charge is 2.08. The summed E-state index contributed by atoms with van der Waals surface area (Å²) in [6.45, 7) is 0. The summed E-state index contributed by atoms with van der Waals surface area (Å²) in [7, 11) is 0. The van der Waals surface area contributed by atoms with E-state index in [9.17, 15) is 4.79 Å². The average molecular weight is 320 g/mol. The lowest BCUT2D eigenvalue weighted by Gasteiger charge is -2.07. The third-order valence-corrected chi connectivity index (χ3v) is 3.91. The number of halogens is 2. The molecular weight excluding hydrogens is 312 g/mol. The maximum absolute atomic E-state index is 11.2. The zero-order chi connectivity index (χ0) is 12.7. The third-order valence-electron chi connectivity index (χ3n) is 3.04. The van der Waals surface area contributed by atoms with Crippen LogP contribution in [-0.4, -0.2) is 5.24 Å². The van der Waals surface area contributed by atoms with Crippen molar-refractivity contribution in [1.82, 2.24) is 0 Å². The minimum Gasteiger partial charge on any atom is -0.276 e. The summed E-state index contributed by atoms with van der Waals surface area (Å²) in [6.07, 6.45) is 0. The van der Waals surface area contributed by atoms with Crippen molar-refractivity contribution in [1.29, 1.82) is 0 Å². The minimum atomic E-state index is -0.433. The summed E-state index contributed by atoms with van der Waals surface area (Å²) in [5, 5.41) is 4.02. The number of carbonyl (C=O) groups is 1. The molecule has 18 heavy (non-hydrogen) atoms. The number of hydrogen-bond acceptors (Lipinski definition) is 1. The quantitative estimate of drug-likeness (QED) is 0.448. The first-order valence-electron chi connectivity index (χ1n) is 5.47. The highest BCUT2D eigenvalue weighted by Crippen LogP contribution is 2.32. The molecule has 3 rings (SSSR count). The predicted octanol–water partition coefficient (Wildman–Crippen LogP) is 5.13. The summed E-state index contributed by atoms with van der Waals surface area (Å²) >= 11 is 9.07. The van der Waals surface area contributed by atoms with Crippen LogP contribution in [0.4, 0.5) is 0 Å². The van der Waals surface area contributed by atoms with Gasteiger partial charge in [-0.3, -0.25) is 4.79 Å². The average Bonchev–Trinajstić information content (AvgIpc) is 2.38. The van der Waals surface area contributed by atoms with Crippen molar-refractivity contribution in [3.05, 3.63) is 58.6 Å². The summed E-state index contributed by atoms with van der Waals surface area (Å²) in [6, 6.07) is 15.7. The highest BCUT2D eigenvalue weighted by atomic mass is 79.9. The Morgan fingerprint density at radius 1 is 0.944 bits per heavy atom. The van der Waals surface area contributed by atoms with Gasteiger partial charge in [-0.2, -0.15) is 0 Å². The zero-order valence-corrected chi connectivity index (χ0v) is 11.6. The van der Waals surface area contributed by atoms with E-state index in [4.69, 9.17) is 11.6 Å². The van der Waals surface area contributed by atoms with Crippen LogP contribution in [0.1, 0.15) is 10.4 Å². The van der Waals surface area contributed by atoms with Gasteiger partial charge in [-0.25, -0.2) is 0 Å². The molecule has 0 fully saturated rings. The van der Waals surface area contributed by atoms with Gasteiger partial charge in [0.1, 0.15) is 0 Å². The van der Waals surface area contributed by atoms with Crippen molar-refractivity contribution in [3.63, 3.8) is 0 Å². The first kappa shape index (κ1) is 11.7. The minimum absolute atomic E-state index is 0.433. The van der Waals surface area contributed by atoms with E-state index in [-0.39, 0.29) is 0 Å². The van der Waals surface area contributed by atoms with Gasteiger partial charge in [-0.05, 0) is 51.3 Å². The largest absolute Gasteiger partial charge is 0.276 e. The Labute approximate surface area is 117 Å². The van der Waals surface area contributed by atoms with Gasteiger partial charge in [-0.15, -0.1) is 0 Å². The van der Waals surface area contributed by atoms with E-state index in [1.807, 2.05) is 24.3 Å². The van der Waals surface area contributed by atoms with Gasteiger partial charge in [0.05, 0.1) is 0 Å². The number of hydrogen-bond donors (Lipinski definition) is 0. The molecule has 0 amide bonds. The second-order valence-electron chi connectivity index (χ2n) is 4.11. The van der Waals surface area contributed by atoms with E-state index in [1.54, 1.807) is 6.07 Å². The van der Waals surface area contributed by atoms with E-state index >= 15 is 0 Å². The highest BCUT2D eigenvalue weighted by molar-refractivity contribution is 9.10. The molecule has 0 bridgehead atoms. The second kappa shape index (κ2) is 4.38. The molecule has 0 spiro atoms. The monoisotopic (exact) mass is 318 g/mol. The van der Waals surface area contributed by atoms with Crippen LogP contribution in [0, 0.1) is 0 Å². The molecule has 3 heteroatoms. The number of fused-ring (bicyclic) bond motifs is 3. The lowest BCUT2D eigenvalue weighted by molar-refractivity contribution is 0.108. The van der Waals surface area contributed by atoms with Crippen molar-refractivity contribution in [3.8, 4) is 0 Å². The molecule has 0 N–H and O–H groups in total. The van der Waals surface area contributed by atoms with Crippen molar-refractivity contribution in [2.75, 3.05) is 0 Å². The van der Waals surface area contributed by atoms with Gasteiger partial charge in [-0.1, -0.05) is 46.3 Å². The van der Waals surface area contributed by atoms with E-state index in [0.717, 1.165) is 15.2 Å². The van der Waals surface area contributed by atoms with Crippen LogP contribution in [0.2, 0.25) is 0 Å². The van der Waals surface area contributed by atoms with Gasteiger partial charge >= 0.3 is 0 Å². The second-order valence-corrected chi connectivity index (χ2v) is 5.31. The van der Waals surface area contributed by atoms with Crippen LogP contribution in [0.5, 0.6) is 0 Å². The molecule has 0 saturated heterocycles. The van der Waals surface area contributed by atoms with Crippen molar-refractivity contribution in [2.24, 2.45) is 0 Å². The van der Waals surface area contributed by atoms with Gasteiger partial charge < -0.3 is 0 Å². The summed E-state index contributed by atoms with van der Waals surface area (Å²) < 4.78 is 0.968. The van der Waals surface area contributed by atoms with Crippen LogP contribution < -0.4 is 0 Å². The van der Waals surface area contributed by atoms with E-state index < -0.39 is 5.24 Å². The van der Waals surface area contributed by atoms with E-state index in [2.05, 4.69) is 34.1 Å². The predicted molar refractivity (Wildman–Crippen MR) is 79.3 cm³/mol. The molecule has 3 aromatic rings. The van der Waals surface area contributed by atoms with Gasteiger partial charge in [0.25, 0.3) is 5.24 Å². The Morgan fingerprint density at radius 2 is 1.72 bits per heavy atom. The molecule has 0 atom stereocenters. The third kappa shape index (κ3) is 1.82. The lowest BCUT2D eigenvalue weighted by Crippen LogP contribution is -1.89. The molecule has 0 aliphatic rings. The Balaban J connectivity index is 2.47.